The zero-order chi connectivity index (χ0) is 13.8. The Morgan fingerprint density at radius 2 is 2.05 bits per heavy atom. The van der Waals surface area contributed by atoms with Crippen LogP contribution in [0.2, 0.25) is 0 Å². The number of rotatable bonds is 5. The van der Waals surface area contributed by atoms with E-state index in [2.05, 4.69) is 5.32 Å². The highest BCUT2D eigenvalue weighted by molar-refractivity contribution is 6.20. The van der Waals surface area contributed by atoms with Crippen LogP contribution in [0.25, 0.3) is 0 Å². The summed E-state index contributed by atoms with van der Waals surface area (Å²) in [4.78, 5) is 22.7. The molecule has 1 heterocycles. The number of aliphatic hydroxyl groups excluding tert-OH is 1. The summed E-state index contributed by atoms with van der Waals surface area (Å²) in [6.45, 7) is 1.76. The van der Waals surface area contributed by atoms with Crippen molar-refractivity contribution < 1.29 is 19.4 Å². The monoisotopic (exact) mass is 261 g/mol. The summed E-state index contributed by atoms with van der Waals surface area (Å²) in [6, 6.07) is 8.92. The molecule has 100 valence electrons. The van der Waals surface area contributed by atoms with Gasteiger partial charge in [0, 0.05) is 0 Å². The Kier molecular flexibility index (Phi) is 3.97. The molecule has 1 amide bonds. The molecule has 0 aliphatic carbocycles. The van der Waals surface area contributed by atoms with E-state index in [0.717, 1.165) is 5.56 Å². The first-order chi connectivity index (χ1) is 9.09. The maximum absolute atomic E-state index is 11.5. The minimum Gasteiger partial charge on any atom is -0.509 e. The van der Waals surface area contributed by atoms with Crippen LogP contribution in [0.4, 0.5) is 0 Å². The molecule has 2 N–H and O–H groups in total. The highest BCUT2D eigenvalue weighted by Gasteiger charge is 2.34. The highest BCUT2D eigenvalue weighted by Crippen LogP contribution is 2.16. The SMILES string of the molecule is CC(=O)C1=C(O)C(COCc2ccccc2)NC1=O. The quantitative estimate of drug-likeness (QED) is 0.778. The Labute approximate surface area is 110 Å². The molecule has 1 aliphatic heterocycles. The Balaban J connectivity index is 1.91. The molecular weight excluding hydrogens is 246 g/mol. The fourth-order valence-electron chi connectivity index (χ4n) is 1.92. The minimum absolute atomic E-state index is 0.128. The first-order valence-electron chi connectivity index (χ1n) is 5.96. The molecule has 0 saturated heterocycles. The van der Waals surface area contributed by atoms with E-state index in [0.29, 0.717) is 6.61 Å². The molecule has 0 spiro atoms. The molecule has 0 fully saturated rings. The van der Waals surface area contributed by atoms with Gasteiger partial charge >= 0.3 is 0 Å². The zero-order valence-corrected chi connectivity index (χ0v) is 10.6. The first kappa shape index (κ1) is 13.3. The second kappa shape index (κ2) is 5.67. The molecular formula is C14H15NO4. The van der Waals surface area contributed by atoms with Gasteiger partial charge in [0.15, 0.2) is 5.78 Å². The highest BCUT2D eigenvalue weighted by atomic mass is 16.5. The third-order valence-corrected chi connectivity index (χ3v) is 2.87. The number of nitrogens with one attached hydrogen (secondary N) is 1. The number of aliphatic hydroxyl groups is 1. The molecule has 19 heavy (non-hydrogen) atoms. The van der Waals surface area contributed by atoms with Crippen molar-refractivity contribution >= 4 is 11.7 Å². The Hall–Kier alpha value is -2.14. The summed E-state index contributed by atoms with van der Waals surface area (Å²) in [6.07, 6.45) is 0. The Morgan fingerprint density at radius 1 is 1.37 bits per heavy atom. The van der Waals surface area contributed by atoms with Gasteiger partial charge in [-0.1, -0.05) is 30.3 Å². The van der Waals surface area contributed by atoms with E-state index in [9.17, 15) is 14.7 Å². The third kappa shape index (κ3) is 3.00. The fourth-order valence-corrected chi connectivity index (χ4v) is 1.92. The number of carbonyl (C=O) groups is 2. The number of amides is 1. The van der Waals surface area contributed by atoms with E-state index in [1.165, 1.54) is 6.92 Å². The molecule has 0 radical (unpaired) electrons. The van der Waals surface area contributed by atoms with Gasteiger partial charge in [0.2, 0.25) is 0 Å². The zero-order valence-electron chi connectivity index (χ0n) is 10.6. The molecule has 1 aromatic carbocycles. The van der Waals surface area contributed by atoms with Crippen molar-refractivity contribution in [3.63, 3.8) is 0 Å². The minimum atomic E-state index is -0.643. The Morgan fingerprint density at radius 3 is 2.63 bits per heavy atom. The topological polar surface area (TPSA) is 75.6 Å². The third-order valence-electron chi connectivity index (χ3n) is 2.87. The maximum Gasteiger partial charge on any atom is 0.259 e. The van der Waals surface area contributed by atoms with Gasteiger partial charge in [-0.3, -0.25) is 9.59 Å². The van der Waals surface area contributed by atoms with Crippen molar-refractivity contribution in [2.45, 2.75) is 19.6 Å². The smallest absolute Gasteiger partial charge is 0.259 e. The van der Waals surface area contributed by atoms with E-state index < -0.39 is 17.7 Å². The average Bonchev–Trinajstić information content (AvgIpc) is 2.66. The number of hydrogen-bond acceptors (Lipinski definition) is 4. The summed E-state index contributed by atoms with van der Waals surface area (Å²) < 4.78 is 5.43. The molecule has 5 heteroatoms. The van der Waals surface area contributed by atoms with Gasteiger partial charge in [0.05, 0.1) is 13.2 Å². The molecule has 0 saturated carbocycles. The first-order valence-corrected chi connectivity index (χ1v) is 5.96. The van der Waals surface area contributed by atoms with Crippen LogP contribution in [0.1, 0.15) is 12.5 Å². The predicted molar refractivity (Wildman–Crippen MR) is 68.4 cm³/mol. The lowest BCUT2D eigenvalue weighted by Gasteiger charge is -2.11. The van der Waals surface area contributed by atoms with Crippen molar-refractivity contribution in [1.82, 2.24) is 5.32 Å². The second-order valence-corrected chi connectivity index (χ2v) is 4.34. The Bertz CT molecular complexity index is 522. The van der Waals surface area contributed by atoms with E-state index >= 15 is 0 Å². The summed E-state index contributed by atoms with van der Waals surface area (Å²) in [7, 11) is 0. The van der Waals surface area contributed by atoms with Gasteiger partial charge in [-0.05, 0) is 12.5 Å². The summed E-state index contributed by atoms with van der Waals surface area (Å²) in [5, 5.41) is 12.3. The van der Waals surface area contributed by atoms with Gasteiger partial charge in [-0.15, -0.1) is 0 Å². The van der Waals surface area contributed by atoms with Crippen LogP contribution in [0.15, 0.2) is 41.7 Å². The molecule has 0 bridgehead atoms. The van der Waals surface area contributed by atoms with Gasteiger partial charge in [0.1, 0.15) is 17.4 Å². The van der Waals surface area contributed by atoms with Gasteiger partial charge < -0.3 is 15.2 Å². The van der Waals surface area contributed by atoms with E-state index in [1.54, 1.807) is 0 Å². The van der Waals surface area contributed by atoms with Crippen molar-refractivity contribution in [2.75, 3.05) is 6.61 Å². The number of hydrogen-bond donors (Lipinski definition) is 2. The largest absolute Gasteiger partial charge is 0.509 e. The lowest BCUT2D eigenvalue weighted by atomic mass is 10.1. The molecule has 1 aliphatic rings. The predicted octanol–water partition coefficient (Wildman–Crippen LogP) is 1.10. The van der Waals surface area contributed by atoms with Crippen LogP contribution in [0.3, 0.4) is 0 Å². The van der Waals surface area contributed by atoms with Gasteiger partial charge in [-0.2, -0.15) is 0 Å². The standard InChI is InChI=1S/C14H15NO4/c1-9(16)12-13(17)11(15-14(12)18)8-19-7-10-5-3-2-4-6-10/h2-6,11,17H,7-8H2,1H3,(H,15,18). The van der Waals surface area contributed by atoms with Crippen LogP contribution < -0.4 is 5.32 Å². The lowest BCUT2D eigenvalue weighted by Crippen LogP contribution is -2.33. The van der Waals surface area contributed by atoms with Gasteiger partial charge in [0.25, 0.3) is 5.91 Å². The van der Waals surface area contributed by atoms with Crippen molar-refractivity contribution in [1.29, 1.82) is 0 Å². The van der Waals surface area contributed by atoms with Crippen molar-refractivity contribution in [3.05, 3.63) is 47.2 Å². The van der Waals surface area contributed by atoms with Crippen molar-refractivity contribution in [3.8, 4) is 0 Å². The van der Waals surface area contributed by atoms with E-state index in [1.807, 2.05) is 30.3 Å². The molecule has 2 rings (SSSR count). The number of ether oxygens (including phenoxy) is 1. The molecule has 1 unspecified atom stereocenters. The van der Waals surface area contributed by atoms with E-state index in [4.69, 9.17) is 4.74 Å². The molecule has 0 aromatic heterocycles. The summed E-state index contributed by atoms with van der Waals surface area (Å²) in [5.74, 6) is -1.22. The number of ketones is 1. The second-order valence-electron chi connectivity index (χ2n) is 4.34. The average molecular weight is 261 g/mol. The molecule has 1 aromatic rings. The lowest BCUT2D eigenvalue weighted by molar-refractivity contribution is -0.121. The molecule has 5 nitrogen and oxygen atoms in total. The van der Waals surface area contributed by atoms with Crippen LogP contribution >= 0.6 is 0 Å². The maximum atomic E-state index is 11.5. The van der Waals surface area contributed by atoms with Gasteiger partial charge in [-0.25, -0.2) is 0 Å². The number of Topliss-reactive ketones (excluding diaryl/α,β-unsaturated/α-hetero) is 1. The fraction of sp³-hybridized carbons (Fsp3) is 0.286. The van der Waals surface area contributed by atoms with Crippen LogP contribution in [0.5, 0.6) is 0 Å². The summed E-state index contributed by atoms with van der Waals surface area (Å²) in [5.41, 5.74) is 0.829. The van der Waals surface area contributed by atoms with Crippen LogP contribution in [-0.2, 0) is 20.9 Å². The van der Waals surface area contributed by atoms with Crippen LogP contribution in [0, 0.1) is 0 Å². The summed E-state index contributed by atoms with van der Waals surface area (Å²) >= 11 is 0. The normalized spacial score (nSPS) is 18.6. The number of carbonyl (C=O) groups excluding carboxylic acids is 2. The van der Waals surface area contributed by atoms with E-state index in [-0.39, 0.29) is 17.9 Å². The van der Waals surface area contributed by atoms with Crippen molar-refractivity contribution in [2.24, 2.45) is 0 Å². The molecule has 1 atom stereocenters. The number of benzene rings is 1. The van der Waals surface area contributed by atoms with Crippen LogP contribution in [-0.4, -0.2) is 29.4 Å².